The van der Waals surface area contributed by atoms with E-state index in [9.17, 15) is 14.3 Å². The maximum absolute atomic E-state index is 13.7. The van der Waals surface area contributed by atoms with Gasteiger partial charge in [0.2, 0.25) is 6.17 Å². The fourth-order valence-electron chi connectivity index (χ4n) is 1.94. The number of hydrogen-bond donors (Lipinski definition) is 1. The summed E-state index contributed by atoms with van der Waals surface area (Å²) >= 11 is 0. The minimum Gasteiger partial charge on any atom is -0.464 e. The number of ether oxygens (including phenoxy) is 1. The van der Waals surface area contributed by atoms with Gasteiger partial charge in [-0.25, -0.2) is 9.18 Å². The Morgan fingerprint density at radius 1 is 1.80 bits per heavy atom. The normalized spacial score (nSPS) is 34.1. The van der Waals surface area contributed by atoms with Crippen LogP contribution in [0.25, 0.3) is 0 Å². The third-order valence-electron chi connectivity index (χ3n) is 2.89. The van der Waals surface area contributed by atoms with Crippen molar-refractivity contribution in [1.82, 2.24) is 4.90 Å². The lowest BCUT2D eigenvalue weighted by Crippen LogP contribution is -2.46. The summed E-state index contributed by atoms with van der Waals surface area (Å²) in [5.74, 6) is -0.970. The van der Waals surface area contributed by atoms with Crippen molar-refractivity contribution in [1.29, 1.82) is 0 Å². The van der Waals surface area contributed by atoms with Gasteiger partial charge in [0.15, 0.2) is 0 Å². The molecule has 1 rings (SSSR count). The second-order valence-electron chi connectivity index (χ2n) is 4.19. The molecule has 0 saturated carbocycles. The highest BCUT2D eigenvalue weighted by Crippen LogP contribution is 2.30. The van der Waals surface area contributed by atoms with Crippen molar-refractivity contribution in [3.63, 3.8) is 0 Å². The van der Waals surface area contributed by atoms with Gasteiger partial charge in [0.25, 0.3) is 0 Å². The van der Waals surface area contributed by atoms with Gasteiger partial charge in [-0.1, -0.05) is 0 Å². The number of β-amino-alcohol motifs (C(OH)–C–C–N with tert-alkyl or cyclic N) is 1. The molecule has 1 N–H and O–H groups in total. The first-order chi connectivity index (χ1) is 6.90. The maximum Gasteiger partial charge on any atom is 0.343 e. The quantitative estimate of drug-likeness (QED) is 0.695. The van der Waals surface area contributed by atoms with Crippen molar-refractivity contribution < 1.29 is 19.0 Å². The largest absolute Gasteiger partial charge is 0.464 e. The highest BCUT2D eigenvalue weighted by Gasteiger charge is 2.49. The summed E-state index contributed by atoms with van der Waals surface area (Å²) in [6.07, 6.45) is -1.70. The van der Waals surface area contributed by atoms with Crippen molar-refractivity contribution in [2.75, 3.05) is 20.2 Å². The number of carbonyl (C=O) groups is 1. The molecule has 1 heterocycles. The van der Waals surface area contributed by atoms with Gasteiger partial charge in [-0.05, 0) is 27.3 Å². The third kappa shape index (κ3) is 2.46. The summed E-state index contributed by atoms with van der Waals surface area (Å²) in [5.41, 5.74) is -1.60. The van der Waals surface area contributed by atoms with E-state index in [-0.39, 0.29) is 25.6 Å². The van der Waals surface area contributed by atoms with Crippen molar-refractivity contribution in [3.8, 4) is 0 Å². The minimum atomic E-state index is -1.95. The molecular weight excluding hydrogens is 201 g/mol. The number of carbonyl (C=O) groups excluding carboxylic acids is 1. The number of esters is 1. The van der Waals surface area contributed by atoms with E-state index >= 15 is 0 Å². The number of alkyl halides is 1. The first kappa shape index (κ1) is 12.4. The van der Waals surface area contributed by atoms with Gasteiger partial charge in [-0.3, -0.25) is 0 Å². The molecule has 4 nitrogen and oxygen atoms in total. The maximum atomic E-state index is 13.7. The van der Waals surface area contributed by atoms with Crippen LogP contribution in [0.5, 0.6) is 0 Å². The Morgan fingerprint density at radius 3 is 2.80 bits per heavy atom. The number of likely N-dealkylation sites (tertiary alicyclic amines) is 1. The van der Waals surface area contributed by atoms with Crippen LogP contribution in [0.4, 0.5) is 4.39 Å². The zero-order valence-corrected chi connectivity index (χ0v) is 9.36. The molecule has 1 aliphatic rings. The molecule has 0 aliphatic carbocycles. The average molecular weight is 219 g/mol. The molecule has 0 bridgehead atoms. The third-order valence-corrected chi connectivity index (χ3v) is 2.89. The van der Waals surface area contributed by atoms with Crippen LogP contribution in [-0.4, -0.2) is 54.0 Å². The Kier molecular flexibility index (Phi) is 3.67. The Balaban J connectivity index is 2.66. The van der Waals surface area contributed by atoms with Gasteiger partial charge in [0.05, 0.1) is 6.61 Å². The second-order valence-corrected chi connectivity index (χ2v) is 4.19. The summed E-state index contributed by atoms with van der Waals surface area (Å²) < 4.78 is 18.2. The van der Waals surface area contributed by atoms with Gasteiger partial charge in [0, 0.05) is 12.6 Å². The first-order valence-corrected chi connectivity index (χ1v) is 5.14. The molecule has 1 saturated heterocycles. The van der Waals surface area contributed by atoms with Crippen LogP contribution in [0, 0.1) is 0 Å². The number of hydrogen-bond acceptors (Lipinski definition) is 4. The van der Waals surface area contributed by atoms with E-state index in [1.807, 2.05) is 11.8 Å². The summed E-state index contributed by atoms with van der Waals surface area (Å²) in [4.78, 5) is 13.0. The Hall–Kier alpha value is -0.680. The van der Waals surface area contributed by atoms with Crippen LogP contribution in [0.2, 0.25) is 0 Å². The summed E-state index contributed by atoms with van der Waals surface area (Å²) in [7, 11) is 1.79. The second kappa shape index (κ2) is 4.45. The smallest absolute Gasteiger partial charge is 0.343 e. The van der Waals surface area contributed by atoms with Crippen LogP contribution >= 0.6 is 0 Å². The number of likely N-dealkylation sites (N-methyl/N-ethyl adjacent to an activating group) is 1. The molecule has 3 atom stereocenters. The monoisotopic (exact) mass is 219 g/mol. The SMILES string of the molecule is CCOC(=O)C(F)C1(O)CC(C)N(C)C1. The van der Waals surface area contributed by atoms with E-state index < -0.39 is 17.7 Å². The molecule has 0 spiro atoms. The number of halogens is 1. The van der Waals surface area contributed by atoms with E-state index in [1.165, 1.54) is 0 Å². The molecule has 0 aromatic rings. The molecule has 0 radical (unpaired) electrons. The van der Waals surface area contributed by atoms with Crippen molar-refractivity contribution in [3.05, 3.63) is 0 Å². The van der Waals surface area contributed by atoms with Gasteiger partial charge < -0.3 is 14.7 Å². The van der Waals surface area contributed by atoms with E-state index in [1.54, 1.807) is 14.0 Å². The summed E-state index contributed by atoms with van der Waals surface area (Å²) in [6.45, 7) is 3.78. The van der Waals surface area contributed by atoms with E-state index in [2.05, 4.69) is 4.74 Å². The van der Waals surface area contributed by atoms with Crippen LogP contribution in [-0.2, 0) is 9.53 Å². The molecule has 15 heavy (non-hydrogen) atoms. The molecule has 0 aromatic carbocycles. The van der Waals surface area contributed by atoms with Gasteiger partial charge >= 0.3 is 5.97 Å². The lowest BCUT2D eigenvalue weighted by Gasteiger charge is -2.24. The number of rotatable bonds is 3. The van der Waals surface area contributed by atoms with Gasteiger partial charge in [-0.2, -0.15) is 0 Å². The Bertz CT molecular complexity index is 237. The molecular formula is C10H18FNO3. The summed E-state index contributed by atoms with van der Waals surface area (Å²) in [6, 6.07) is 0.0719. The fraction of sp³-hybridized carbons (Fsp3) is 0.900. The standard InChI is InChI=1S/C10H18FNO3/c1-4-15-9(13)8(11)10(14)5-7(2)12(3)6-10/h7-8,14H,4-6H2,1-3H3. The molecule has 88 valence electrons. The molecule has 1 aliphatic heterocycles. The van der Waals surface area contributed by atoms with E-state index in [0.717, 1.165) is 0 Å². The molecule has 3 unspecified atom stereocenters. The van der Waals surface area contributed by atoms with E-state index in [0.29, 0.717) is 0 Å². The Labute approximate surface area is 89.0 Å². The van der Waals surface area contributed by atoms with Crippen molar-refractivity contribution in [2.24, 2.45) is 0 Å². The van der Waals surface area contributed by atoms with Gasteiger partial charge in [-0.15, -0.1) is 0 Å². The predicted octanol–water partition coefficient (Wildman–Crippen LogP) is 0.343. The van der Waals surface area contributed by atoms with Crippen LogP contribution in [0.3, 0.4) is 0 Å². The van der Waals surface area contributed by atoms with Gasteiger partial charge in [0.1, 0.15) is 5.60 Å². The lowest BCUT2D eigenvalue weighted by molar-refractivity contribution is -0.159. The Morgan fingerprint density at radius 2 is 2.40 bits per heavy atom. The molecule has 0 amide bonds. The zero-order chi connectivity index (χ0) is 11.6. The van der Waals surface area contributed by atoms with Crippen molar-refractivity contribution >= 4 is 5.97 Å². The summed E-state index contributed by atoms with van der Waals surface area (Å²) in [5, 5.41) is 9.98. The molecule has 0 aromatic heterocycles. The number of aliphatic hydroxyl groups is 1. The van der Waals surface area contributed by atoms with Crippen LogP contribution in [0.1, 0.15) is 20.3 Å². The highest BCUT2D eigenvalue weighted by molar-refractivity contribution is 5.76. The minimum absolute atomic E-state index is 0.0719. The van der Waals surface area contributed by atoms with E-state index in [4.69, 9.17) is 0 Å². The molecule has 1 fully saturated rings. The zero-order valence-electron chi connectivity index (χ0n) is 9.36. The first-order valence-electron chi connectivity index (χ1n) is 5.14. The lowest BCUT2D eigenvalue weighted by atomic mass is 9.95. The highest BCUT2D eigenvalue weighted by atomic mass is 19.1. The van der Waals surface area contributed by atoms with Crippen LogP contribution < -0.4 is 0 Å². The topological polar surface area (TPSA) is 49.8 Å². The molecule has 5 heteroatoms. The predicted molar refractivity (Wildman–Crippen MR) is 53.2 cm³/mol. The van der Waals surface area contributed by atoms with Crippen LogP contribution in [0.15, 0.2) is 0 Å². The number of nitrogens with zero attached hydrogens (tertiary/aromatic N) is 1. The fourth-order valence-corrected chi connectivity index (χ4v) is 1.94. The van der Waals surface area contributed by atoms with Crippen molar-refractivity contribution in [2.45, 2.75) is 38.1 Å². The average Bonchev–Trinajstić information content (AvgIpc) is 2.41.